The van der Waals surface area contributed by atoms with Gasteiger partial charge in [-0.1, -0.05) is 75.4 Å². The van der Waals surface area contributed by atoms with Gasteiger partial charge in [0, 0.05) is 6.42 Å². The fourth-order valence-electron chi connectivity index (χ4n) is 2.96. The molecule has 0 fully saturated rings. The minimum atomic E-state index is -2.07. The number of aryl methyl sites for hydroxylation is 1. The van der Waals surface area contributed by atoms with E-state index >= 15 is 0 Å². The highest BCUT2D eigenvalue weighted by Crippen LogP contribution is 2.39. The summed E-state index contributed by atoms with van der Waals surface area (Å²) in [5.74, 6) is 1.24. The maximum Gasteiger partial charge on any atom is 0.460 e. The van der Waals surface area contributed by atoms with Crippen LogP contribution in [0.25, 0.3) is 0 Å². The van der Waals surface area contributed by atoms with Crippen molar-refractivity contribution in [2.75, 3.05) is 0 Å². The molecule has 0 radical (unpaired) electrons. The highest BCUT2D eigenvalue weighted by atomic mass is 31.2. The van der Waals surface area contributed by atoms with Crippen molar-refractivity contribution in [3.63, 3.8) is 0 Å². The summed E-state index contributed by atoms with van der Waals surface area (Å²) in [5, 5.41) is 0. The molecule has 4 heteroatoms. The minimum Gasteiger partial charge on any atom is -0.418 e. The van der Waals surface area contributed by atoms with Crippen LogP contribution in [0.15, 0.2) is 72.8 Å². The number of hydrogen-bond donors (Lipinski definition) is 1. The van der Waals surface area contributed by atoms with Crippen molar-refractivity contribution in [2.45, 2.75) is 39.5 Å². The van der Waals surface area contributed by atoms with Crippen molar-refractivity contribution >= 4 is 8.60 Å². The Bertz CT molecular complexity index is 917. The van der Waals surface area contributed by atoms with E-state index in [9.17, 15) is 4.89 Å². The van der Waals surface area contributed by atoms with Crippen LogP contribution in [-0.4, -0.2) is 4.89 Å². The first-order valence-corrected chi connectivity index (χ1v) is 10.5. The normalized spacial score (nSPS) is 12.5. The smallest absolute Gasteiger partial charge is 0.418 e. The van der Waals surface area contributed by atoms with Gasteiger partial charge in [-0.05, 0) is 52.8 Å². The van der Waals surface area contributed by atoms with Gasteiger partial charge in [0.2, 0.25) is 0 Å². The highest BCUT2D eigenvalue weighted by Gasteiger charge is 2.19. The lowest BCUT2D eigenvalue weighted by atomic mass is 9.85. The SMILES string of the molecule is Cc1ccccc1Cc1cc(C(C)(C)C)ccc1OP(O)Oc1ccccc1. The third kappa shape index (κ3) is 5.34. The average molecular weight is 394 g/mol. The van der Waals surface area contributed by atoms with Crippen LogP contribution >= 0.6 is 8.60 Å². The van der Waals surface area contributed by atoms with Crippen LogP contribution in [0.5, 0.6) is 11.5 Å². The standard InChI is InChI=1S/C24H27O3P/c1-18-10-8-9-11-19(18)16-20-17-21(24(2,3)4)14-15-23(20)27-28(25)26-22-12-6-5-7-13-22/h5-15,17,25H,16H2,1-4H3. The van der Waals surface area contributed by atoms with E-state index in [-0.39, 0.29) is 5.41 Å². The molecule has 0 aliphatic carbocycles. The van der Waals surface area contributed by atoms with Crippen molar-refractivity contribution in [2.24, 2.45) is 0 Å². The lowest BCUT2D eigenvalue weighted by Gasteiger charge is -2.22. The molecule has 0 amide bonds. The molecule has 1 unspecified atom stereocenters. The predicted octanol–water partition coefficient (Wildman–Crippen LogP) is 6.56. The molecule has 3 aromatic carbocycles. The Morgan fingerprint density at radius 3 is 2.18 bits per heavy atom. The Balaban J connectivity index is 1.87. The first kappa shape index (κ1) is 20.4. The Morgan fingerprint density at radius 2 is 1.50 bits per heavy atom. The molecule has 3 rings (SSSR count). The minimum absolute atomic E-state index is 0.0313. The Labute approximate surface area is 169 Å². The summed E-state index contributed by atoms with van der Waals surface area (Å²) in [5.41, 5.74) is 4.78. The van der Waals surface area contributed by atoms with Crippen LogP contribution in [0.3, 0.4) is 0 Å². The van der Waals surface area contributed by atoms with E-state index in [1.54, 1.807) is 12.1 Å². The lowest BCUT2D eigenvalue weighted by Crippen LogP contribution is -2.12. The van der Waals surface area contributed by atoms with Crippen LogP contribution in [0.2, 0.25) is 0 Å². The zero-order valence-electron chi connectivity index (χ0n) is 16.8. The fraction of sp³-hybridized carbons (Fsp3) is 0.250. The van der Waals surface area contributed by atoms with E-state index in [2.05, 4.69) is 52.0 Å². The quantitative estimate of drug-likeness (QED) is 0.481. The summed E-state index contributed by atoms with van der Waals surface area (Å²) in [4.78, 5) is 10.4. The molecule has 0 aliphatic heterocycles. The Kier molecular flexibility index (Phi) is 6.39. The maximum atomic E-state index is 10.4. The Morgan fingerprint density at radius 1 is 0.821 bits per heavy atom. The molecule has 3 aromatic rings. The number of hydrogen-bond acceptors (Lipinski definition) is 3. The molecule has 1 atom stereocenters. The molecule has 0 aliphatic rings. The number of para-hydroxylation sites is 1. The van der Waals surface area contributed by atoms with Gasteiger partial charge in [0.05, 0.1) is 0 Å². The maximum absolute atomic E-state index is 10.4. The number of benzene rings is 3. The zero-order chi connectivity index (χ0) is 20.1. The van der Waals surface area contributed by atoms with Gasteiger partial charge in [0.25, 0.3) is 0 Å². The van der Waals surface area contributed by atoms with Gasteiger partial charge in [-0.3, -0.25) is 0 Å². The van der Waals surface area contributed by atoms with E-state index in [0.29, 0.717) is 11.5 Å². The van der Waals surface area contributed by atoms with Crippen LogP contribution < -0.4 is 9.05 Å². The molecule has 0 aromatic heterocycles. The van der Waals surface area contributed by atoms with Gasteiger partial charge in [-0.25, -0.2) is 0 Å². The summed E-state index contributed by atoms with van der Waals surface area (Å²) in [7, 11) is -2.07. The van der Waals surface area contributed by atoms with Crippen molar-refractivity contribution in [3.05, 3.63) is 95.1 Å². The molecule has 0 spiro atoms. The van der Waals surface area contributed by atoms with Gasteiger partial charge in [-0.15, -0.1) is 0 Å². The molecule has 3 nitrogen and oxygen atoms in total. The van der Waals surface area contributed by atoms with E-state index < -0.39 is 8.60 Å². The van der Waals surface area contributed by atoms with Crippen LogP contribution in [0, 0.1) is 6.92 Å². The topological polar surface area (TPSA) is 38.7 Å². The van der Waals surface area contributed by atoms with Crippen molar-refractivity contribution in [1.29, 1.82) is 0 Å². The van der Waals surface area contributed by atoms with Crippen LogP contribution in [0.1, 0.15) is 43.0 Å². The highest BCUT2D eigenvalue weighted by molar-refractivity contribution is 7.41. The van der Waals surface area contributed by atoms with E-state index in [1.165, 1.54) is 16.7 Å². The van der Waals surface area contributed by atoms with E-state index in [0.717, 1.165) is 12.0 Å². The second-order valence-electron chi connectivity index (χ2n) is 7.91. The number of rotatable bonds is 6. The molecule has 1 N–H and O–H groups in total. The first-order valence-electron chi connectivity index (χ1n) is 9.41. The largest absolute Gasteiger partial charge is 0.460 e. The van der Waals surface area contributed by atoms with Gasteiger partial charge in [0.1, 0.15) is 11.5 Å². The van der Waals surface area contributed by atoms with E-state index in [4.69, 9.17) is 9.05 Å². The molecular weight excluding hydrogens is 367 g/mol. The summed E-state index contributed by atoms with van der Waals surface area (Å²) >= 11 is 0. The van der Waals surface area contributed by atoms with Crippen LogP contribution in [-0.2, 0) is 11.8 Å². The van der Waals surface area contributed by atoms with Crippen molar-refractivity contribution in [1.82, 2.24) is 0 Å². The lowest BCUT2D eigenvalue weighted by molar-refractivity contribution is 0.380. The van der Waals surface area contributed by atoms with Crippen molar-refractivity contribution < 1.29 is 13.9 Å². The summed E-state index contributed by atoms with van der Waals surface area (Å²) in [6, 6.07) is 23.7. The molecular formula is C24H27O3P. The third-order valence-electron chi connectivity index (χ3n) is 4.67. The summed E-state index contributed by atoms with van der Waals surface area (Å²) in [6.45, 7) is 8.69. The predicted molar refractivity (Wildman–Crippen MR) is 116 cm³/mol. The second kappa shape index (κ2) is 8.77. The second-order valence-corrected chi connectivity index (χ2v) is 8.75. The fourth-order valence-corrected chi connectivity index (χ4v) is 3.65. The van der Waals surface area contributed by atoms with Gasteiger partial charge >= 0.3 is 8.60 Å². The molecule has 0 bridgehead atoms. The monoisotopic (exact) mass is 394 g/mol. The van der Waals surface area contributed by atoms with Gasteiger partial charge in [-0.2, -0.15) is 0 Å². The molecule has 0 saturated heterocycles. The van der Waals surface area contributed by atoms with Gasteiger partial charge in [0.15, 0.2) is 0 Å². The molecule has 28 heavy (non-hydrogen) atoms. The average Bonchev–Trinajstić information content (AvgIpc) is 2.65. The zero-order valence-corrected chi connectivity index (χ0v) is 17.7. The third-order valence-corrected chi connectivity index (χ3v) is 5.39. The van der Waals surface area contributed by atoms with Gasteiger partial charge < -0.3 is 13.9 Å². The van der Waals surface area contributed by atoms with Crippen LogP contribution in [0.4, 0.5) is 0 Å². The first-order chi connectivity index (χ1) is 13.3. The summed E-state index contributed by atoms with van der Waals surface area (Å²) in [6.07, 6.45) is 0.737. The van der Waals surface area contributed by atoms with Crippen molar-refractivity contribution in [3.8, 4) is 11.5 Å². The van der Waals surface area contributed by atoms with E-state index in [1.807, 2.05) is 36.4 Å². The molecule has 146 valence electrons. The molecule has 0 saturated carbocycles. The Hall–Kier alpha value is -2.35. The molecule has 0 heterocycles. The summed E-state index contributed by atoms with van der Waals surface area (Å²) < 4.78 is 11.4.